The average Bonchev–Trinajstić information content (AvgIpc) is 3.51. The van der Waals surface area contributed by atoms with Crippen LogP contribution in [0.2, 0.25) is 0 Å². The smallest absolute Gasteiger partial charge is 0.255 e. The van der Waals surface area contributed by atoms with Crippen LogP contribution in [-0.2, 0) is 27.3 Å². The summed E-state index contributed by atoms with van der Waals surface area (Å²) in [5.41, 5.74) is 8.43. The molecule has 7 rings (SSSR count). The average molecular weight is 728 g/mol. The van der Waals surface area contributed by atoms with Crippen LogP contribution in [0.3, 0.4) is 0 Å². The number of allylic oxidation sites excluding steroid dienone is 1. The third kappa shape index (κ3) is 8.75. The summed E-state index contributed by atoms with van der Waals surface area (Å²) in [5.74, 6) is 0.283. The maximum atomic E-state index is 13.0. The molecule has 4 aromatic rings. The van der Waals surface area contributed by atoms with Crippen LogP contribution in [0.1, 0.15) is 83.6 Å². The molecule has 0 spiro atoms. The van der Waals surface area contributed by atoms with Crippen molar-refractivity contribution in [1.29, 1.82) is 0 Å². The van der Waals surface area contributed by atoms with Gasteiger partial charge in [-0.3, -0.25) is 19.7 Å². The van der Waals surface area contributed by atoms with E-state index >= 15 is 0 Å². The predicted octanol–water partition coefficient (Wildman–Crippen LogP) is 7.01. The molecule has 9 heteroatoms. The number of carbonyl (C=O) groups is 3. The number of aromatic hydroxyl groups is 1. The minimum absolute atomic E-state index is 0.147. The Morgan fingerprint density at radius 2 is 1.63 bits per heavy atom. The number of imide groups is 1. The van der Waals surface area contributed by atoms with Gasteiger partial charge in [0.05, 0.1) is 19.3 Å². The van der Waals surface area contributed by atoms with Gasteiger partial charge < -0.3 is 24.4 Å². The summed E-state index contributed by atoms with van der Waals surface area (Å²) in [6, 6.07) is 31.5. The molecule has 0 bridgehead atoms. The summed E-state index contributed by atoms with van der Waals surface area (Å²) < 4.78 is 12.5. The quantitative estimate of drug-likeness (QED) is 0.0818. The molecule has 2 unspecified atom stereocenters. The fourth-order valence-electron chi connectivity index (χ4n) is 7.98. The van der Waals surface area contributed by atoms with E-state index in [9.17, 15) is 19.5 Å². The lowest BCUT2D eigenvalue weighted by Crippen LogP contribution is -2.52. The van der Waals surface area contributed by atoms with E-state index in [1.165, 1.54) is 11.1 Å². The Bertz CT molecular complexity index is 1980. The van der Waals surface area contributed by atoms with Crippen LogP contribution in [0.5, 0.6) is 11.5 Å². The summed E-state index contributed by atoms with van der Waals surface area (Å²) in [4.78, 5) is 41.0. The van der Waals surface area contributed by atoms with Crippen LogP contribution >= 0.6 is 0 Å². The molecule has 2 fully saturated rings. The number of ether oxygens (including phenoxy) is 2. The number of amides is 3. The summed E-state index contributed by atoms with van der Waals surface area (Å²) in [5, 5.41) is 12.3. The fourth-order valence-corrected chi connectivity index (χ4v) is 7.98. The van der Waals surface area contributed by atoms with E-state index in [1.54, 1.807) is 17.0 Å². The first-order valence-corrected chi connectivity index (χ1v) is 19.3. The molecule has 3 aliphatic rings. The largest absolute Gasteiger partial charge is 0.508 e. The number of hydrogen-bond acceptors (Lipinski definition) is 7. The van der Waals surface area contributed by atoms with Crippen molar-refractivity contribution in [1.82, 2.24) is 15.1 Å². The molecule has 280 valence electrons. The van der Waals surface area contributed by atoms with Gasteiger partial charge in [0.15, 0.2) is 0 Å². The zero-order chi connectivity index (χ0) is 37.4. The van der Waals surface area contributed by atoms with Crippen molar-refractivity contribution in [3.05, 3.63) is 130 Å². The van der Waals surface area contributed by atoms with Gasteiger partial charge in [0.1, 0.15) is 17.5 Å². The molecule has 0 saturated carbocycles. The standard InChI is InChI=1S/C45H49N3O6/c1-2-39(32-8-4-3-5-9-32)43(33-12-16-36(49)17-13-33)34-14-18-37(19-15-34)53-26-7-25-47-24-6-10-38(30-47)54-27-23-31-11-20-40-35(28-31)29-48(45(40)52)41-21-22-42(50)46-44(41)51/h3-5,8-9,11-20,28,38,41,49H,2,6-7,10,21-27,29-30H2,1H3,(H,46,50,51)/b43-39-. The van der Waals surface area contributed by atoms with Crippen molar-refractivity contribution in [2.45, 2.75) is 70.6 Å². The Kier molecular flexibility index (Phi) is 11.9. The maximum Gasteiger partial charge on any atom is 0.255 e. The number of phenols is 1. The van der Waals surface area contributed by atoms with Gasteiger partial charge in [-0.25, -0.2) is 0 Å². The Morgan fingerprint density at radius 1 is 0.870 bits per heavy atom. The van der Waals surface area contributed by atoms with Crippen molar-refractivity contribution in [3.8, 4) is 11.5 Å². The van der Waals surface area contributed by atoms with Crippen LogP contribution in [0.25, 0.3) is 11.1 Å². The van der Waals surface area contributed by atoms with Gasteiger partial charge >= 0.3 is 0 Å². The lowest BCUT2D eigenvalue weighted by Gasteiger charge is -2.32. The van der Waals surface area contributed by atoms with Gasteiger partial charge in [-0.15, -0.1) is 0 Å². The molecule has 0 radical (unpaired) electrons. The van der Waals surface area contributed by atoms with Gasteiger partial charge in [-0.2, -0.15) is 0 Å². The molecule has 3 aliphatic heterocycles. The summed E-state index contributed by atoms with van der Waals surface area (Å²) >= 11 is 0. The highest BCUT2D eigenvalue weighted by Crippen LogP contribution is 2.36. The SMILES string of the molecule is CC/C(=C(\c1ccc(O)cc1)c1ccc(OCCCN2CCCC(OCCc3ccc4c(c3)CN(C3CCC(=O)NC3=O)C4=O)C2)cc1)c1ccccc1. The number of benzene rings is 4. The number of phenolic OH excluding ortho intramolecular Hbond substituents is 1. The number of piperidine rings is 2. The molecule has 3 amide bonds. The number of carbonyl (C=O) groups excluding carboxylic acids is 3. The summed E-state index contributed by atoms with van der Waals surface area (Å²) in [6.45, 7) is 6.72. The summed E-state index contributed by atoms with van der Waals surface area (Å²) in [7, 11) is 0. The van der Waals surface area contributed by atoms with E-state index in [-0.39, 0.29) is 36.0 Å². The first-order valence-electron chi connectivity index (χ1n) is 19.3. The van der Waals surface area contributed by atoms with Gasteiger partial charge in [0.25, 0.3) is 5.91 Å². The second-order valence-electron chi connectivity index (χ2n) is 14.4. The van der Waals surface area contributed by atoms with Crippen molar-refractivity contribution in [2.24, 2.45) is 0 Å². The Labute approximate surface area is 317 Å². The Morgan fingerprint density at radius 3 is 2.37 bits per heavy atom. The molecule has 0 aromatic heterocycles. The zero-order valence-electron chi connectivity index (χ0n) is 31.0. The van der Waals surface area contributed by atoms with Crippen molar-refractivity contribution >= 4 is 28.9 Å². The molecule has 2 N–H and O–H groups in total. The van der Waals surface area contributed by atoms with Gasteiger partial charge in [0, 0.05) is 31.6 Å². The highest BCUT2D eigenvalue weighted by molar-refractivity contribution is 6.05. The van der Waals surface area contributed by atoms with E-state index in [0.29, 0.717) is 31.7 Å². The lowest BCUT2D eigenvalue weighted by molar-refractivity contribution is -0.136. The molecule has 4 aromatic carbocycles. The molecule has 3 heterocycles. The minimum atomic E-state index is -0.601. The number of nitrogens with zero attached hydrogens (tertiary/aromatic N) is 2. The Balaban J connectivity index is 0.868. The van der Waals surface area contributed by atoms with Crippen LogP contribution in [0, 0.1) is 0 Å². The Hall–Kier alpha value is -5.25. The van der Waals surface area contributed by atoms with Crippen LogP contribution < -0.4 is 10.1 Å². The first kappa shape index (κ1) is 37.1. The van der Waals surface area contributed by atoms with Gasteiger partial charge in [-0.1, -0.05) is 73.7 Å². The van der Waals surface area contributed by atoms with E-state index in [1.807, 2.05) is 42.5 Å². The van der Waals surface area contributed by atoms with E-state index in [2.05, 4.69) is 59.6 Å². The van der Waals surface area contributed by atoms with Gasteiger partial charge in [0.2, 0.25) is 11.8 Å². The molecule has 2 atom stereocenters. The predicted molar refractivity (Wildman–Crippen MR) is 209 cm³/mol. The topological polar surface area (TPSA) is 108 Å². The zero-order valence-corrected chi connectivity index (χ0v) is 31.0. The number of rotatable bonds is 14. The lowest BCUT2D eigenvalue weighted by atomic mass is 9.88. The third-order valence-electron chi connectivity index (χ3n) is 10.8. The molecular weight excluding hydrogens is 679 g/mol. The van der Waals surface area contributed by atoms with Crippen LogP contribution in [-0.4, -0.2) is 77.6 Å². The molecular formula is C45H49N3O6. The monoisotopic (exact) mass is 727 g/mol. The third-order valence-corrected chi connectivity index (χ3v) is 10.8. The molecule has 2 saturated heterocycles. The van der Waals surface area contributed by atoms with Crippen LogP contribution in [0.4, 0.5) is 0 Å². The highest BCUT2D eigenvalue weighted by Gasteiger charge is 2.39. The van der Waals surface area contributed by atoms with Crippen molar-refractivity contribution in [2.75, 3.05) is 32.8 Å². The molecule has 0 aliphatic carbocycles. The number of likely N-dealkylation sites (tertiary alicyclic amines) is 1. The number of nitrogens with one attached hydrogen (secondary N) is 1. The fraction of sp³-hybridized carbons (Fsp3) is 0.356. The minimum Gasteiger partial charge on any atom is -0.508 e. The second kappa shape index (κ2) is 17.3. The molecule has 54 heavy (non-hydrogen) atoms. The van der Waals surface area contributed by atoms with E-state index in [0.717, 1.165) is 85.3 Å². The second-order valence-corrected chi connectivity index (χ2v) is 14.4. The van der Waals surface area contributed by atoms with E-state index < -0.39 is 6.04 Å². The van der Waals surface area contributed by atoms with Gasteiger partial charge in [-0.05, 0) is 114 Å². The number of hydrogen-bond donors (Lipinski definition) is 2. The van der Waals surface area contributed by atoms with E-state index in [4.69, 9.17) is 9.47 Å². The normalized spacial score (nSPS) is 19.4. The number of fused-ring (bicyclic) bond motifs is 1. The summed E-state index contributed by atoms with van der Waals surface area (Å²) in [6.07, 6.45) is 5.49. The maximum absolute atomic E-state index is 13.0. The van der Waals surface area contributed by atoms with Crippen LogP contribution in [0.15, 0.2) is 97.1 Å². The first-order chi connectivity index (χ1) is 26.4. The molecule has 9 nitrogen and oxygen atoms in total. The van der Waals surface area contributed by atoms with Crippen molar-refractivity contribution in [3.63, 3.8) is 0 Å². The van der Waals surface area contributed by atoms with Crippen molar-refractivity contribution < 1.29 is 29.0 Å². The highest BCUT2D eigenvalue weighted by atomic mass is 16.5.